The fourth-order valence-electron chi connectivity index (χ4n) is 12.4. The monoisotopic (exact) mass is 1260 g/mol. The summed E-state index contributed by atoms with van der Waals surface area (Å²) in [6.07, 6.45) is -0.621. The molecule has 1 aromatic heterocycles. The van der Waals surface area contributed by atoms with E-state index in [1.807, 2.05) is 30.3 Å². The molecule has 4 fully saturated rings. The van der Waals surface area contributed by atoms with E-state index in [-0.39, 0.29) is 108 Å². The molecule has 88 heavy (non-hydrogen) atoms. The fraction of sp³-hybridized carbons (Fsp3) is 0.517. The molecule has 0 aliphatic carbocycles. The average molecular weight is 1270 g/mol. The highest BCUT2D eigenvalue weighted by Gasteiger charge is 2.51. The third-order valence-corrected chi connectivity index (χ3v) is 19.4. The number of rotatable bonds is 21. The minimum atomic E-state index is -5.94. The van der Waals surface area contributed by atoms with E-state index in [0.29, 0.717) is 38.0 Å². The normalized spacial score (nSPS) is 21.3. The van der Waals surface area contributed by atoms with Gasteiger partial charge in [0.05, 0.1) is 11.4 Å². The van der Waals surface area contributed by atoms with Crippen molar-refractivity contribution >= 4 is 87.9 Å². The van der Waals surface area contributed by atoms with Crippen molar-refractivity contribution in [2.24, 2.45) is 11.7 Å². The van der Waals surface area contributed by atoms with Crippen molar-refractivity contribution in [3.63, 3.8) is 0 Å². The summed E-state index contributed by atoms with van der Waals surface area (Å²) in [5.41, 5.74) is 3.62. The van der Waals surface area contributed by atoms with Crippen molar-refractivity contribution in [2.75, 3.05) is 44.6 Å². The van der Waals surface area contributed by atoms with Crippen molar-refractivity contribution in [3.8, 4) is 0 Å². The maximum absolute atomic E-state index is 14.8. The number of benzene rings is 3. The maximum atomic E-state index is 14.8. The number of carbonyl (C=O) groups is 9. The van der Waals surface area contributed by atoms with Crippen molar-refractivity contribution < 1.29 is 75.1 Å². The highest BCUT2D eigenvalue weighted by atomic mass is 32.1. The number of likely N-dealkylation sites (tertiary alicyclic amines) is 1. The van der Waals surface area contributed by atoms with Crippen LogP contribution in [0.15, 0.2) is 66.7 Å². The van der Waals surface area contributed by atoms with Gasteiger partial charge >= 0.3 is 13.3 Å². The number of halogens is 4. The van der Waals surface area contributed by atoms with Crippen LogP contribution in [0.2, 0.25) is 0 Å². The summed E-state index contributed by atoms with van der Waals surface area (Å²) in [6, 6.07) is 10.1. The number of piperidine rings is 2. The molecule has 9 rings (SSSR count). The zero-order valence-corrected chi connectivity index (χ0v) is 50.6. The van der Waals surface area contributed by atoms with E-state index in [4.69, 9.17) is 5.73 Å². The Labute approximate surface area is 509 Å². The Morgan fingerprint density at radius 2 is 1.58 bits per heavy atom. The van der Waals surface area contributed by atoms with E-state index in [1.165, 1.54) is 20.8 Å². The molecule has 0 spiro atoms. The molecule has 3 aromatic carbocycles. The highest BCUT2D eigenvalue weighted by Crippen LogP contribution is 2.59. The van der Waals surface area contributed by atoms with Gasteiger partial charge in [0.15, 0.2) is 0 Å². The number of nitrogens with zero attached hydrogens (tertiary/aromatic N) is 4. The lowest BCUT2D eigenvalue weighted by atomic mass is 9.86. The lowest BCUT2D eigenvalue weighted by Crippen LogP contribution is -2.62. The van der Waals surface area contributed by atoms with Gasteiger partial charge in [-0.1, -0.05) is 57.2 Å². The lowest BCUT2D eigenvalue weighted by molar-refractivity contribution is -0.144. The average Bonchev–Trinajstić information content (AvgIpc) is 1.73. The van der Waals surface area contributed by atoms with Crippen LogP contribution in [0.5, 0.6) is 0 Å². The number of alkyl halides is 4. The van der Waals surface area contributed by atoms with Gasteiger partial charge in [-0.25, -0.2) is 8.78 Å². The Morgan fingerprint density at radius 1 is 0.864 bits per heavy atom. The Balaban J connectivity index is 0.875. The molecule has 6 heterocycles. The van der Waals surface area contributed by atoms with Crippen LogP contribution in [-0.2, 0) is 62.2 Å². The maximum Gasteiger partial charge on any atom is 0.399 e. The molecule has 3 unspecified atom stereocenters. The highest BCUT2D eigenvalue weighted by molar-refractivity contribution is 7.52. The van der Waals surface area contributed by atoms with Crippen molar-refractivity contribution in [3.05, 3.63) is 99.4 Å². The molecule has 28 heteroatoms. The van der Waals surface area contributed by atoms with E-state index >= 15 is 0 Å². The molecule has 0 radical (unpaired) electrons. The molecule has 474 valence electrons. The zero-order chi connectivity index (χ0) is 63.6. The fourth-order valence-corrected chi connectivity index (χ4v) is 13.8. The van der Waals surface area contributed by atoms with Gasteiger partial charge in [-0.3, -0.25) is 57.9 Å². The van der Waals surface area contributed by atoms with E-state index < -0.39 is 110 Å². The van der Waals surface area contributed by atoms with Gasteiger partial charge in [0.25, 0.3) is 18.2 Å². The number of anilines is 1. The molecule has 9 amide bonds. The Bertz CT molecular complexity index is 3410. The number of primary amides is 1. The molecule has 9 N–H and O–H groups in total. The number of hydrogen-bond acceptors (Lipinski definition) is 13. The second-order valence-electron chi connectivity index (χ2n) is 24.4. The van der Waals surface area contributed by atoms with E-state index in [0.717, 1.165) is 58.3 Å². The van der Waals surface area contributed by atoms with Gasteiger partial charge in [-0.05, 0) is 110 Å². The summed E-state index contributed by atoms with van der Waals surface area (Å²) in [7, 11) is -5.94. The summed E-state index contributed by atoms with van der Waals surface area (Å²) in [4.78, 5) is 147. The van der Waals surface area contributed by atoms with Crippen LogP contribution in [0.4, 0.5) is 23.2 Å². The Hall–Kier alpha value is -7.32. The van der Waals surface area contributed by atoms with Crippen molar-refractivity contribution in [2.45, 2.75) is 152 Å². The van der Waals surface area contributed by atoms with Gasteiger partial charge in [0.2, 0.25) is 41.4 Å². The molecular weight excluding hydrogens is 1190 g/mol. The number of hydrogen-bond donors (Lipinski definition) is 8. The largest absolute Gasteiger partial charge is 0.399 e. The number of amides is 9. The van der Waals surface area contributed by atoms with Crippen molar-refractivity contribution in [1.82, 2.24) is 40.9 Å². The van der Waals surface area contributed by atoms with Crippen LogP contribution in [0.25, 0.3) is 10.1 Å². The smallest absolute Gasteiger partial charge is 0.385 e. The molecular formula is C60H73F4N10O12PS. The first-order chi connectivity index (χ1) is 41.6. The SMILES string of the molecule is CC(C)(C)c1ccc(CC(NC(=O)C(CCC(N)=O)NC(=O)[C@@H]2CC[C@@H]3CCN(CC(F)F)C[C@H](NC(=O)c4cc5cc(C(F)(F)P(=O)(O)O)ccc5s4)C(=O)N32)C(=O)N2CCC(CCNc3cccc4c3CN(C3CCC(=O)NC3=O)C4=O)CC2)cc1. The number of nitrogens with one attached hydrogen (secondary N) is 5. The first-order valence-electron chi connectivity index (χ1n) is 29.4. The molecule has 0 bridgehead atoms. The van der Waals surface area contributed by atoms with Crippen molar-refractivity contribution in [1.29, 1.82) is 0 Å². The molecule has 4 saturated heterocycles. The van der Waals surface area contributed by atoms with Gasteiger partial charge < -0.3 is 51.5 Å². The van der Waals surface area contributed by atoms with Crippen LogP contribution in [0.1, 0.15) is 127 Å². The van der Waals surface area contributed by atoms with Crippen LogP contribution < -0.4 is 32.3 Å². The molecule has 4 aromatic rings. The van der Waals surface area contributed by atoms with Gasteiger partial charge in [-0.15, -0.1) is 11.3 Å². The van der Waals surface area contributed by atoms with Gasteiger partial charge in [0.1, 0.15) is 30.2 Å². The minimum absolute atomic E-state index is 0.0282. The zero-order valence-electron chi connectivity index (χ0n) is 48.9. The predicted octanol–water partition coefficient (Wildman–Crippen LogP) is 4.83. The summed E-state index contributed by atoms with van der Waals surface area (Å²) >= 11 is 0.815. The molecule has 5 aliphatic heterocycles. The standard InChI is InChI=1S/C60H73F4N10O12PS/c1-59(2,3)36-9-7-34(8-10-36)27-43(57(82)72-25-20-33(21-26-72)19-23-66-41-6-4-5-39-40(41)30-73(56(39)81)45-15-18-51(76)70-53(45)78)68-52(77)42(13-17-50(65)75)67-54(79)46-14-12-38-22-24-71(32-49(61)62)31-44(58(83)74(38)46)69-55(80)48-29-35-28-37(11-16-47(35)88-48)60(63,64)87(84,85)86/h4-11,16,28-29,33,38,42-46,49,66H,12-15,17-27,30-32H2,1-3H3,(H2,65,75)(H,67,79)(H,68,77)(H,69,80)(H,70,76,78)(H2,84,85,86)/t38-,42?,43?,44+,45?,46+/m1/s1. The first kappa shape index (κ1) is 65.1. The molecule has 0 saturated carbocycles. The number of fused-ring (bicyclic) bond motifs is 3. The van der Waals surface area contributed by atoms with E-state index in [2.05, 4.69) is 47.4 Å². The second-order valence-corrected chi connectivity index (χ2v) is 27.1. The van der Waals surface area contributed by atoms with E-state index in [1.54, 1.807) is 17.0 Å². The third-order valence-electron chi connectivity index (χ3n) is 17.3. The molecule has 6 atom stereocenters. The number of thiophene rings is 1. The van der Waals surface area contributed by atoms with Crippen LogP contribution >= 0.6 is 18.9 Å². The second kappa shape index (κ2) is 26.8. The predicted molar refractivity (Wildman–Crippen MR) is 316 cm³/mol. The van der Waals surface area contributed by atoms with Crippen LogP contribution in [0.3, 0.4) is 0 Å². The van der Waals surface area contributed by atoms with Crippen LogP contribution in [-0.4, -0.2) is 164 Å². The number of carbonyl (C=O) groups excluding carboxylic acids is 9. The Kier molecular flexibility index (Phi) is 19.8. The third kappa shape index (κ3) is 14.9. The molecule has 5 aliphatic rings. The Morgan fingerprint density at radius 3 is 2.25 bits per heavy atom. The number of nitrogens with two attached hydrogens (primary N) is 1. The van der Waals surface area contributed by atoms with Crippen LogP contribution in [0, 0.1) is 5.92 Å². The topological polar surface area (TPSA) is 310 Å². The summed E-state index contributed by atoms with van der Waals surface area (Å²) in [5, 5.41) is 14.0. The summed E-state index contributed by atoms with van der Waals surface area (Å²) < 4.78 is 69.0. The lowest BCUT2D eigenvalue weighted by Gasteiger charge is -2.39. The van der Waals surface area contributed by atoms with E-state index in [9.17, 15) is 75.1 Å². The number of imide groups is 1. The van der Waals surface area contributed by atoms with Gasteiger partial charge in [-0.2, -0.15) is 8.78 Å². The summed E-state index contributed by atoms with van der Waals surface area (Å²) in [6.45, 7) is 6.52. The van der Waals surface area contributed by atoms with Gasteiger partial charge in [0, 0.05) is 91.7 Å². The minimum Gasteiger partial charge on any atom is -0.385 e. The summed E-state index contributed by atoms with van der Waals surface area (Å²) in [5.74, 6) is -5.44. The molecule has 22 nitrogen and oxygen atoms in total. The quantitative estimate of drug-likeness (QED) is 0.0315. The first-order valence-corrected chi connectivity index (χ1v) is 31.9.